The Morgan fingerprint density at radius 1 is 1.00 bits per heavy atom. The third-order valence-corrected chi connectivity index (χ3v) is 2.92. The van der Waals surface area contributed by atoms with Crippen LogP contribution in [0, 0.1) is 17.3 Å². The van der Waals surface area contributed by atoms with E-state index in [1.807, 2.05) is 0 Å². The Hall–Kier alpha value is -1.76. The van der Waals surface area contributed by atoms with Crippen molar-refractivity contribution in [3.05, 3.63) is 12.7 Å². The van der Waals surface area contributed by atoms with Crippen molar-refractivity contribution in [1.82, 2.24) is 0 Å². The average molecular weight is 322 g/mol. The number of carbonyl (C=O) groups is 2. The van der Waals surface area contributed by atoms with Gasteiger partial charge in [-0.2, -0.15) is 0 Å². The summed E-state index contributed by atoms with van der Waals surface area (Å²) in [4.78, 5) is 25.6. The Morgan fingerprint density at radius 2 is 1.43 bits per heavy atom. The SMILES string of the molecule is C=CCCC(CC#CC)(C(=O)OC(C)(C)C)C(=O)OC(C)(C)C. The molecule has 23 heavy (non-hydrogen) atoms. The van der Waals surface area contributed by atoms with Gasteiger partial charge in [0.1, 0.15) is 11.2 Å². The lowest BCUT2D eigenvalue weighted by Gasteiger charge is -2.33. The van der Waals surface area contributed by atoms with Gasteiger partial charge in [-0.05, 0) is 61.3 Å². The Kier molecular flexibility index (Phi) is 7.57. The van der Waals surface area contributed by atoms with E-state index in [4.69, 9.17) is 9.47 Å². The Morgan fingerprint density at radius 3 is 1.74 bits per heavy atom. The minimum Gasteiger partial charge on any atom is -0.459 e. The molecule has 0 heterocycles. The summed E-state index contributed by atoms with van der Waals surface area (Å²) in [7, 11) is 0. The van der Waals surface area contributed by atoms with Gasteiger partial charge in [0.25, 0.3) is 0 Å². The van der Waals surface area contributed by atoms with Crippen LogP contribution in [0.3, 0.4) is 0 Å². The first-order valence-electron chi connectivity index (χ1n) is 7.85. The van der Waals surface area contributed by atoms with Crippen molar-refractivity contribution < 1.29 is 19.1 Å². The maximum absolute atomic E-state index is 12.8. The second kappa shape index (κ2) is 8.19. The van der Waals surface area contributed by atoms with E-state index in [0.29, 0.717) is 6.42 Å². The van der Waals surface area contributed by atoms with Crippen LogP contribution in [0.5, 0.6) is 0 Å². The van der Waals surface area contributed by atoms with Crippen molar-refractivity contribution in [3.63, 3.8) is 0 Å². The van der Waals surface area contributed by atoms with Gasteiger partial charge in [0, 0.05) is 6.42 Å². The first-order valence-corrected chi connectivity index (χ1v) is 7.85. The topological polar surface area (TPSA) is 52.6 Å². The molecule has 130 valence electrons. The summed E-state index contributed by atoms with van der Waals surface area (Å²) in [6, 6.07) is 0. The fourth-order valence-corrected chi connectivity index (χ4v) is 1.86. The van der Waals surface area contributed by atoms with Gasteiger partial charge in [-0.3, -0.25) is 9.59 Å². The number of carbonyl (C=O) groups excluding carboxylic acids is 2. The summed E-state index contributed by atoms with van der Waals surface area (Å²) < 4.78 is 11.0. The Labute approximate surface area is 140 Å². The maximum Gasteiger partial charge on any atom is 0.325 e. The van der Waals surface area contributed by atoms with Crippen LogP contribution in [-0.4, -0.2) is 23.1 Å². The van der Waals surface area contributed by atoms with Crippen LogP contribution in [0.4, 0.5) is 0 Å². The van der Waals surface area contributed by atoms with Gasteiger partial charge in [-0.1, -0.05) is 6.08 Å². The van der Waals surface area contributed by atoms with Crippen LogP contribution in [0.2, 0.25) is 0 Å². The maximum atomic E-state index is 12.8. The molecule has 0 amide bonds. The van der Waals surface area contributed by atoms with Gasteiger partial charge >= 0.3 is 11.9 Å². The molecule has 0 fully saturated rings. The third-order valence-electron chi connectivity index (χ3n) is 2.92. The lowest BCUT2D eigenvalue weighted by Crippen LogP contribution is -2.46. The molecule has 4 heteroatoms. The second-order valence-corrected chi connectivity index (χ2v) is 7.52. The molecule has 0 atom stereocenters. The summed E-state index contributed by atoms with van der Waals surface area (Å²) in [6.07, 6.45) is 2.49. The predicted octanol–water partition coefficient (Wildman–Crippen LogP) is 4.04. The molecule has 0 aromatic heterocycles. The molecule has 0 bridgehead atoms. The van der Waals surface area contributed by atoms with Crippen molar-refractivity contribution in [2.45, 2.75) is 78.9 Å². The number of hydrogen-bond acceptors (Lipinski definition) is 4. The largest absolute Gasteiger partial charge is 0.459 e. The molecule has 0 N–H and O–H groups in total. The lowest BCUT2D eigenvalue weighted by molar-refractivity contribution is -0.185. The molecular weight excluding hydrogens is 292 g/mol. The summed E-state index contributed by atoms with van der Waals surface area (Å²) in [6.45, 7) is 15.9. The normalized spacial score (nSPS) is 12.0. The van der Waals surface area contributed by atoms with Crippen molar-refractivity contribution in [2.24, 2.45) is 5.41 Å². The van der Waals surface area contributed by atoms with Crippen LogP contribution in [-0.2, 0) is 19.1 Å². The minimum absolute atomic E-state index is 0.0706. The van der Waals surface area contributed by atoms with Crippen LogP contribution >= 0.6 is 0 Å². The van der Waals surface area contributed by atoms with Gasteiger partial charge in [0.05, 0.1) is 0 Å². The number of hydrogen-bond donors (Lipinski definition) is 0. The summed E-state index contributed by atoms with van der Waals surface area (Å²) in [5.41, 5.74) is -2.83. The van der Waals surface area contributed by atoms with Gasteiger partial charge < -0.3 is 9.47 Å². The predicted molar refractivity (Wildman–Crippen MR) is 91.6 cm³/mol. The fraction of sp³-hybridized carbons (Fsp3) is 0.684. The standard InChI is InChI=1S/C19H30O4/c1-9-11-13-19(14-12-10-2,15(20)22-17(3,4)5)16(21)23-18(6,7)8/h9H,1,11,13-14H2,2-8H3. The molecule has 0 unspecified atom stereocenters. The Balaban J connectivity index is 5.82. The molecule has 0 saturated carbocycles. The van der Waals surface area contributed by atoms with E-state index in [0.717, 1.165) is 0 Å². The second-order valence-electron chi connectivity index (χ2n) is 7.52. The number of esters is 2. The van der Waals surface area contributed by atoms with Crippen LogP contribution in [0.25, 0.3) is 0 Å². The molecule has 0 spiro atoms. The van der Waals surface area contributed by atoms with Crippen molar-refractivity contribution in [3.8, 4) is 11.8 Å². The highest BCUT2D eigenvalue weighted by molar-refractivity contribution is 6.00. The minimum atomic E-state index is -1.43. The molecule has 0 aliphatic heterocycles. The highest BCUT2D eigenvalue weighted by Gasteiger charge is 2.50. The molecule has 0 aliphatic carbocycles. The Bertz CT molecular complexity index is 464. The monoisotopic (exact) mass is 322 g/mol. The van der Waals surface area contributed by atoms with Crippen molar-refractivity contribution >= 4 is 11.9 Å². The van der Waals surface area contributed by atoms with Gasteiger partial charge in [0.15, 0.2) is 5.41 Å². The summed E-state index contributed by atoms with van der Waals surface area (Å²) >= 11 is 0. The summed E-state index contributed by atoms with van der Waals surface area (Å²) in [5.74, 6) is 4.40. The molecule has 0 aliphatic rings. The molecule has 0 aromatic carbocycles. The van der Waals surface area contributed by atoms with E-state index >= 15 is 0 Å². The first-order chi connectivity index (χ1) is 10.4. The summed E-state index contributed by atoms with van der Waals surface area (Å²) in [5, 5.41) is 0. The molecule has 0 rings (SSSR count). The van der Waals surface area contributed by atoms with E-state index in [1.165, 1.54) is 0 Å². The van der Waals surface area contributed by atoms with Gasteiger partial charge in [-0.15, -0.1) is 18.4 Å². The lowest BCUT2D eigenvalue weighted by atomic mass is 9.79. The van der Waals surface area contributed by atoms with E-state index < -0.39 is 28.6 Å². The zero-order valence-corrected chi connectivity index (χ0v) is 15.5. The highest BCUT2D eigenvalue weighted by atomic mass is 16.6. The van der Waals surface area contributed by atoms with Crippen molar-refractivity contribution in [1.29, 1.82) is 0 Å². The van der Waals surface area contributed by atoms with Crippen LogP contribution < -0.4 is 0 Å². The molecular formula is C19H30O4. The van der Waals surface area contributed by atoms with Gasteiger partial charge in [0.2, 0.25) is 0 Å². The van der Waals surface area contributed by atoms with Crippen LogP contribution in [0.1, 0.15) is 67.7 Å². The third kappa shape index (κ3) is 7.36. The first kappa shape index (κ1) is 21.2. The number of allylic oxidation sites excluding steroid dienone is 1. The molecule has 0 radical (unpaired) electrons. The number of ether oxygens (including phenoxy) is 2. The number of rotatable bonds is 6. The smallest absolute Gasteiger partial charge is 0.325 e. The molecule has 0 aromatic rings. The zero-order chi connectivity index (χ0) is 18.3. The van der Waals surface area contributed by atoms with Gasteiger partial charge in [-0.25, -0.2) is 0 Å². The average Bonchev–Trinajstić information content (AvgIpc) is 2.35. The zero-order valence-electron chi connectivity index (χ0n) is 15.5. The van der Waals surface area contributed by atoms with E-state index in [9.17, 15) is 9.59 Å². The quantitative estimate of drug-likeness (QED) is 0.320. The van der Waals surface area contributed by atoms with Crippen molar-refractivity contribution in [2.75, 3.05) is 0 Å². The van der Waals surface area contributed by atoms with E-state index in [1.54, 1.807) is 54.5 Å². The van der Waals surface area contributed by atoms with E-state index in [-0.39, 0.29) is 12.8 Å². The van der Waals surface area contributed by atoms with E-state index in [2.05, 4.69) is 18.4 Å². The van der Waals surface area contributed by atoms with Crippen LogP contribution in [0.15, 0.2) is 12.7 Å². The molecule has 4 nitrogen and oxygen atoms in total. The highest BCUT2D eigenvalue weighted by Crippen LogP contribution is 2.35. The molecule has 0 saturated heterocycles. The fourth-order valence-electron chi connectivity index (χ4n) is 1.86.